The normalized spacial score (nSPS) is 16.1. The summed E-state index contributed by atoms with van der Waals surface area (Å²) in [5.41, 5.74) is 1.80. The molecular weight excluding hydrogens is 358 g/mol. The highest BCUT2D eigenvalue weighted by atomic mass is 16.5. The van der Waals surface area contributed by atoms with Crippen LogP contribution in [-0.2, 0) is 22.7 Å². The third-order valence-electron chi connectivity index (χ3n) is 4.67. The van der Waals surface area contributed by atoms with Gasteiger partial charge in [-0.25, -0.2) is 4.79 Å². The number of nitrogens with zero attached hydrogens (tertiary/aromatic N) is 2. The lowest BCUT2D eigenvalue weighted by Gasteiger charge is -2.19. The van der Waals surface area contributed by atoms with E-state index in [1.807, 2.05) is 30.3 Å². The molecule has 1 heterocycles. The summed E-state index contributed by atoms with van der Waals surface area (Å²) in [5, 5.41) is 2.61. The van der Waals surface area contributed by atoms with Crippen LogP contribution in [0.2, 0.25) is 0 Å². The zero-order valence-corrected chi connectivity index (χ0v) is 15.9. The van der Waals surface area contributed by atoms with Crippen molar-refractivity contribution in [3.8, 4) is 5.75 Å². The molecule has 0 radical (unpaired) electrons. The van der Waals surface area contributed by atoms with Crippen molar-refractivity contribution < 1.29 is 19.1 Å². The molecule has 1 aliphatic rings. The van der Waals surface area contributed by atoms with Gasteiger partial charge in [-0.1, -0.05) is 42.5 Å². The Balaban J connectivity index is 1.58. The summed E-state index contributed by atoms with van der Waals surface area (Å²) in [6.07, 6.45) is -0.0625. The fourth-order valence-corrected chi connectivity index (χ4v) is 3.05. The molecule has 146 valence electrons. The fourth-order valence-electron chi connectivity index (χ4n) is 3.05. The van der Waals surface area contributed by atoms with Crippen molar-refractivity contribution in [2.75, 3.05) is 14.2 Å². The van der Waals surface area contributed by atoms with Gasteiger partial charge in [-0.05, 0) is 23.3 Å². The molecule has 2 aromatic rings. The average molecular weight is 381 g/mol. The minimum Gasteiger partial charge on any atom is -0.497 e. The van der Waals surface area contributed by atoms with E-state index in [1.54, 1.807) is 43.3 Å². The first-order chi connectivity index (χ1) is 13.5. The molecule has 2 aromatic carbocycles. The van der Waals surface area contributed by atoms with Gasteiger partial charge in [0.25, 0.3) is 5.91 Å². The summed E-state index contributed by atoms with van der Waals surface area (Å²) in [4.78, 5) is 40.0. The van der Waals surface area contributed by atoms with Crippen LogP contribution in [0, 0.1) is 0 Å². The topological polar surface area (TPSA) is 79.0 Å². The largest absolute Gasteiger partial charge is 0.497 e. The molecule has 0 aliphatic carbocycles. The third kappa shape index (κ3) is 4.49. The van der Waals surface area contributed by atoms with Crippen molar-refractivity contribution in [1.29, 1.82) is 0 Å². The van der Waals surface area contributed by atoms with Crippen LogP contribution in [0.15, 0.2) is 54.6 Å². The minimum absolute atomic E-state index is 0.0625. The highest BCUT2D eigenvalue weighted by Gasteiger charge is 2.39. The van der Waals surface area contributed by atoms with Crippen molar-refractivity contribution in [3.05, 3.63) is 65.7 Å². The number of ether oxygens (including phenoxy) is 1. The van der Waals surface area contributed by atoms with E-state index >= 15 is 0 Å². The molecule has 3 rings (SSSR count). The SMILES string of the molecule is COc1ccc(CN2C(=O)N[C@@H](CC(=O)N(C)Cc3ccccc3)C2=O)cc1. The Hall–Kier alpha value is -3.35. The standard InChI is InChI=1S/C21H23N3O4/c1-23(13-15-6-4-3-5-7-15)19(25)12-18-20(26)24(21(27)22-18)14-16-8-10-17(28-2)11-9-16/h3-11,18H,12-14H2,1-2H3,(H,22,27)/t18-/m0/s1. The summed E-state index contributed by atoms with van der Waals surface area (Å²) in [6, 6.07) is 15.4. The first-order valence-electron chi connectivity index (χ1n) is 9.00. The molecule has 4 amide bonds. The number of hydrogen-bond acceptors (Lipinski definition) is 4. The number of imide groups is 1. The molecule has 1 aliphatic heterocycles. The van der Waals surface area contributed by atoms with Crippen molar-refractivity contribution in [2.24, 2.45) is 0 Å². The van der Waals surface area contributed by atoms with E-state index in [4.69, 9.17) is 4.74 Å². The molecule has 7 heteroatoms. The van der Waals surface area contributed by atoms with Crippen LogP contribution in [0.4, 0.5) is 4.79 Å². The molecule has 0 unspecified atom stereocenters. The van der Waals surface area contributed by atoms with Gasteiger partial charge in [-0.3, -0.25) is 14.5 Å². The smallest absolute Gasteiger partial charge is 0.325 e. The van der Waals surface area contributed by atoms with E-state index in [9.17, 15) is 14.4 Å². The molecule has 0 aromatic heterocycles. The predicted octanol–water partition coefficient (Wildman–Crippen LogP) is 2.16. The van der Waals surface area contributed by atoms with E-state index in [0.717, 1.165) is 16.0 Å². The zero-order valence-electron chi connectivity index (χ0n) is 15.9. The maximum atomic E-state index is 12.6. The highest BCUT2D eigenvalue weighted by Crippen LogP contribution is 2.17. The van der Waals surface area contributed by atoms with Gasteiger partial charge >= 0.3 is 6.03 Å². The number of hydrogen-bond donors (Lipinski definition) is 1. The van der Waals surface area contributed by atoms with Gasteiger partial charge < -0.3 is 15.0 Å². The van der Waals surface area contributed by atoms with Crippen molar-refractivity contribution in [3.63, 3.8) is 0 Å². The maximum absolute atomic E-state index is 12.6. The summed E-state index contributed by atoms with van der Waals surface area (Å²) in [5.74, 6) is 0.113. The monoisotopic (exact) mass is 381 g/mol. The van der Waals surface area contributed by atoms with Gasteiger partial charge in [0.05, 0.1) is 20.1 Å². The molecular formula is C21H23N3O4. The molecule has 1 atom stereocenters. The number of carbonyl (C=O) groups excluding carboxylic acids is 3. The van der Waals surface area contributed by atoms with E-state index in [-0.39, 0.29) is 24.8 Å². The summed E-state index contributed by atoms with van der Waals surface area (Å²) in [6.45, 7) is 0.600. The summed E-state index contributed by atoms with van der Waals surface area (Å²) < 4.78 is 5.11. The molecule has 0 spiro atoms. The lowest BCUT2D eigenvalue weighted by molar-refractivity contribution is -0.135. The molecule has 1 N–H and O–H groups in total. The highest BCUT2D eigenvalue weighted by molar-refractivity contribution is 6.05. The minimum atomic E-state index is -0.837. The second kappa shape index (κ2) is 8.56. The molecule has 28 heavy (non-hydrogen) atoms. The van der Waals surface area contributed by atoms with Gasteiger partial charge in [0.2, 0.25) is 5.91 Å². The van der Waals surface area contributed by atoms with Crippen LogP contribution in [0.3, 0.4) is 0 Å². The summed E-state index contributed by atoms with van der Waals surface area (Å²) in [7, 11) is 3.26. The van der Waals surface area contributed by atoms with Crippen LogP contribution in [0.25, 0.3) is 0 Å². The quantitative estimate of drug-likeness (QED) is 0.746. The van der Waals surface area contributed by atoms with Crippen molar-refractivity contribution in [2.45, 2.75) is 25.6 Å². The number of benzene rings is 2. The second-order valence-corrected chi connectivity index (χ2v) is 6.71. The van der Waals surface area contributed by atoms with Crippen LogP contribution in [-0.4, -0.2) is 47.8 Å². The van der Waals surface area contributed by atoms with Crippen LogP contribution >= 0.6 is 0 Å². The lowest BCUT2D eigenvalue weighted by atomic mass is 10.1. The summed E-state index contributed by atoms with van der Waals surface area (Å²) >= 11 is 0. The van der Waals surface area contributed by atoms with Crippen molar-refractivity contribution in [1.82, 2.24) is 15.1 Å². The second-order valence-electron chi connectivity index (χ2n) is 6.71. The van der Waals surface area contributed by atoms with E-state index in [2.05, 4.69) is 5.32 Å². The Morgan fingerprint density at radius 2 is 1.75 bits per heavy atom. The van der Waals surface area contributed by atoms with Gasteiger partial charge in [0.1, 0.15) is 11.8 Å². The maximum Gasteiger partial charge on any atom is 0.325 e. The van der Waals surface area contributed by atoms with Gasteiger partial charge in [-0.15, -0.1) is 0 Å². The Bertz CT molecular complexity index is 852. The van der Waals surface area contributed by atoms with Gasteiger partial charge in [0, 0.05) is 13.6 Å². The number of urea groups is 1. The van der Waals surface area contributed by atoms with Crippen LogP contribution in [0.5, 0.6) is 5.75 Å². The van der Waals surface area contributed by atoms with Gasteiger partial charge in [-0.2, -0.15) is 0 Å². The first kappa shape index (κ1) is 19.4. The third-order valence-corrected chi connectivity index (χ3v) is 4.67. The zero-order chi connectivity index (χ0) is 20.1. The number of carbonyl (C=O) groups is 3. The fraction of sp³-hybridized carbons (Fsp3) is 0.286. The van der Waals surface area contributed by atoms with Crippen molar-refractivity contribution >= 4 is 17.8 Å². The number of amides is 4. The van der Waals surface area contributed by atoms with E-state index < -0.39 is 12.1 Å². The molecule has 1 fully saturated rings. The Morgan fingerprint density at radius 3 is 2.39 bits per heavy atom. The number of nitrogens with one attached hydrogen (secondary N) is 1. The Kier molecular flexibility index (Phi) is 5.93. The lowest BCUT2D eigenvalue weighted by Crippen LogP contribution is -2.37. The van der Waals surface area contributed by atoms with Crippen LogP contribution in [0.1, 0.15) is 17.5 Å². The molecule has 0 bridgehead atoms. The predicted molar refractivity (Wildman–Crippen MR) is 103 cm³/mol. The Morgan fingerprint density at radius 1 is 1.07 bits per heavy atom. The Labute approximate surface area is 163 Å². The first-order valence-corrected chi connectivity index (χ1v) is 9.00. The number of rotatable bonds is 7. The molecule has 0 saturated carbocycles. The average Bonchev–Trinajstić information content (AvgIpc) is 2.96. The van der Waals surface area contributed by atoms with E-state index in [1.165, 1.54) is 0 Å². The molecule has 7 nitrogen and oxygen atoms in total. The number of methoxy groups -OCH3 is 1. The van der Waals surface area contributed by atoms with E-state index in [0.29, 0.717) is 12.3 Å². The molecule has 1 saturated heterocycles. The van der Waals surface area contributed by atoms with Gasteiger partial charge in [0.15, 0.2) is 0 Å². The van der Waals surface area contributed by atoms with Crippen LogP contribution < -0.4 is 10.1 Å².